The zero-order chi connectivity index (χ0) is 14.5. The second-order valence-electron chi connectivity index (χ2n) is 4.11. The number of nitrogens with zero attached hydrogens (tertiary/aromatic N) is 3. The van der Waals surface area contributed by atoms with Gasteiger partial charge in [0, 0.05) is 24.9 Å². The number of aromatic nitrogens is 3. The minimum Gasteiger partial charge on any atom is -0.399 e. The van der Waals surface area contributed by atoms with Gasteiger partial charge in [-0.05, 0) is 18.2 Å². The standard InChI is InChI=1S/C12H14FN5OS/c1-18-7-15-17-12(18)20-5-4-11(19)16-10-6-8(14)2-3-9(10)13/h2-3,6-7H,4-5,14H2,1H3,(H,16,19). The lowest BCUT2D eigenvalue weighted by Crippen LogP contribution is -2.13. The van der Waals surface area contributed by atoms with Gasteiger partial charge in [-0.3, -0.25) is 4.79 Å². The van der Waals surface area contributed by atoms with Crippen LogP contribution in [0.1, 0.15) is 6.42 Å². The van der Waals surface area contributed by atoms with Crippen molar-refractivity contribution in [1.29, 1.82) is 0 Å². The van der Waals surface area contributed by atoms with Crippen molar-refractivity contribution in [3.8, 4) is 0 Å². The van der Waals surface area contributed by atoms with Gasteiger partial charge in [0.15, 0.2) is 5.16 Å². The molecule has 1 aromatic heterocycles. The molecule has 2 aromatic rings. The Morgan fingerprint density at radius 2 is 2.35 bits per heavy atom. The molecular formula is C12H14FN5OS. The number of carbonyl (C=O) groups is 1. The van der Waals surface area contributed by atoms with Gasteiger partial charge in [-0.15, -0.1) is 10.2 Å². The van der Waals surface area contributed by atoms with Crippen LogP contribution >= 0.6 is 11.8 Å². The molecular weight excluding hydrogens is 281 g/mol. The summed E-state index contributed by atoms with van der Waals surface area (Å²) in [5.74, 6) is -0.250. The maximum absolute atomic E-state index is 13.4. The van der Waals surface area contributed by atoms with E-state index in [0.29, 0.717) is 11.4 Å². The Labute approximate surface area is 119 Å². The highest BCUT2D eigenvalue weighted by atomic mass is 32.2. The van der Waals surface area contributed by atoms with E-state index in [1.54, 1.807) is 10.9 Å². The van der Waals surface area contributed by atoms with Crippen LogP contribution in [0.25, 0.3) is 0 Å². The summed E-state index contributed by atoms with van der Waals surface area (Å²) >= 11 is 1.41. The van der Waals surface area contributed by atoms with Crippen LogP contribution in [-0.2, 0) is 11.8 Å². The zero-order valence-corrected chi connectivity index (χ0v) is 11.7. The molecule has 0 atom stereocenters. The molecule has 0 saturated carbocycles. The quantitative estimate of drug-likeness (QED) is 0.647. The predicted octanol–water partition coefficient (Wildman–Crippen LogP) is 1.66. The number of nitrogens with one attached hydrogen (secondary N) is 1. The lowest BCUT2D eigenvalue weighted by Gasteiger charge is -2.07. The molecule has 6 nitrogen and oxygen atoms in total. The van der Waals surface area contributed by atoms with Crippen molar-refractivity contribution in [3.05, 3.63) is 30.3 Å². The van der Waals surface area contributed by atoms with Gasteiger partial charge in [0.05, 0.1) is 5.69 Å². The number of rotatable bonds is 5. The van der Waals surface area contributed by atoms with Gasteiger partial charge >= 0.3 is 0 Å². The summed E-state index contributed by atoms with van der Waals surface area (Å²) in [6.07, 6.45) is 1.83. The largest absolute Gasteiger partial charge is 0.399 e. The number of benzene rings is 1. The fraction of sp³-hybridized carbons (Fsp3) is 0.250. The summed E-state index contributed by atoms with van der Waals surface area (Å²) in [6, 6.07) is 4.05. The summed E-state index contributed by atoms with van der Waals surface area (Å²) in [5, 5.41) is 10.9. The molecule has 106 valence electrons. The second kappa shape index (κ2) is 6.38. The number of halogens is 1. The first-order chi connectivity index (χ1) is 9.56. The number of carbonyl (C=O) groups excluding carboxylic acids is 1. The highest BCUT2D eigenvalue weighted by Crippen LogP contribution is 2.19. The Bertz CT molecular complexity index is 616. The van der Waals surface area contributed by atoms with Crippen molar-refractivity contribution in [1.82, 2.24) is 14.8 Å². The van der Waals surface area contributed by atoms with Crippen LogP contribution in [0.15, 0.2) is 29.7 Å². The Balaban J connectivity index is 1.84. The van der Waals surface area contributed by atoms with E-state index < -0.39 is 5.82 Å². The lowest BCUT2D eigenvalue weighted by molar-refractivity contribution is -0.115. The van der Waals surface area contributed by atoms with Crippen LogP contribution in [0.4, 0.5) is 15.8 Å². The van der Waals surface area contributed by atoms with E-state index in [2.05, 4.69) is 15.5 Å². The van der Waals surface area contributed by atoms with Gasteiger partial charge in [-0.1, -0.05) is 11.8 Å². The molecule has 0 spiro atoms. The normalized spacial score (nSPS) is 10.5. The highest BCUT2D eigenvalue weighted by molar-refractivity contribution is 7.99. The molecule has 0 fully saturated rings. The van der Waals surface area contributed by atoms with Crippen LogP contribution < -0.4 is 11.1 Å². The number of nitrogen functional groups attached to an aromatic ring is 1. The van der Waals surface area contributed by atoms with Gasteiger partial charge in [0.2, 0.25) is 5.91 Å². The van der Waals surface area contributed by atoms with Crippen molar-refractivity contribution in [2.45, 2.75) is 11.6 Å². The summed E-state index contributed by atoms with van der Waals surface area (Å²) in [6.45, 7) is 0. The van der Waals surface area contributed by atoms with E-state index in [4.69, 9.17) is 5.73 Å². The number of amides is 1. The average molecular weight is 295 g/mol. The van der Waals surface area contributed by atoms with E-state index >= 15 is 0 Å². The van der Waals surface area contributed by atoms with Crippen LogP contribution in [0.3, 0.4) is 0 Å². The van der Waals surface area contributed by atoms with E-state index in [0.717, 1.165) is 5.16 Å². The fourth-order valence-corrected chi connectivity index (χ4v) is 2.32. The molecule has 1 amide bonds. The highest BCUT2D eigenvalue weighted by Gasteiger charge is 2.08. The molecule has 3 N–H and O–H groups in total. The maximum Gasteiger partial charge on any atom is 0.225 e. The van der Waals surface area contributed by atoms with E-state index in [9.17, 15) is 9.18 Å². The number of anilines is 2. The van der Waals surface area contributed by atoms with Gasteiger partial charge in [-0.2, -0.15) is 0 Å². The smallest absolute Gasteiger partial charge is 0.225 e. The van der Waals surface area contributed by atoms with Gasteiger partial charge < -0.3 is 15.6 Å². The molecule has 8 heteroatoms. The van der Waals surface area contributed by atoms with Crippen molar-refractivity contribution >= 4 is 29.0 Å². The fourth-order valence-electron chi connectivity index (χ4n) is 1.49. The number of hydrogen-bond donors (Lipinski definition) is 2. The predicted molar refractivity (Wildman–Crippen MR) is 75.8 cm³/mol. The summed E-state index contributed by atoms with van der Waals surface area (Å²) < 4.78 is 15.2. The number of hydrogen-bond acceptors (Lipinski definition) is 5. The third-order valence-electron chi connectivity index (χ3n) is 2.49. The number of thioether (sulfide) groups is 1. The Morgan fingerprint density at radius 1 is 1.55 bits per heavy atom. The SMILES string of the molecule is Cn1cnnc1SCCC(=O)Nc1cc(N)ccc1F. The molecule has 20 heavy (non-hydrogen) atoms. The van der Waals surface area contributed by atoms with E-state index in [-0.39, 0.29) is 18.0 Å². The zero-order valence-electron chi connectivity index (χ0n) is 10.8. The van der Waals surface area contributed by atoms with Crippen molar-refractivity contribution in [2.75, 3.05) is 16.8 Å². The number of nitrogens with two attached hydrogens (primary N) is 1. The average Bonchev–Trinajstić information content (AvgIpc) is 2.80. The van der Waals surface area contributed by atoms with Crippen molar-refractivity contribution in [2.24, 2.45) is 7.05 Å². The van der Waals surface area contributed by atoms with Gasteiger partial charge in [0.25, 0.3) is 0 Å². The first kappa shape index (κ1) is 14.3. The van der Waals surface area contributed by atoms with Crippen molar-refractivity contribution < 1.29 is 9.18 Å². The lowest BCUT2D eigenvalue weighted by atomic mass is 10.2. The third kappa shape index (κ3) is 3.70. The minimum absolute atomic E-state index is 0.0960. The Hall–Kier alpha value is -2.09. The summed E-state index contributed by atoms with van der Waals surface area (Å²) in [5.41, 5.74) is 6.04. The van der Waals surface area contributed by atoms with E-state index in [1.807, 2.05) is 7.05 Å². The second-order valence-corrected chi connectivity index (χ2v) is 5.17. The first-order valence-corrected chi connectivity index (χ1v) is 6.86. The van der Waals surface area contributed by atoms with Crippen LogP contribution in [0.5, 0.6) is 0 Å². The molecule has 0 bridgehead atoms. The Morgan fingerprint density at radius 3 is 3.05 bits per heavy atom. The van der Waals surface area contributed by atoms with Crippen LogP contribution in [0.2, 0.25) is 0 Å². The van der Waals surface area contributed by atoms with Gasteiger partial charge in [-0.25, -0.2) is 4.39 Å². The molecule has 0 radical (unpaired) electrons. The molecule has 2 rings (SSSR count). The number of aryl methyl sites for hydroxylation is 1. The topological polar surface area (TPSA) is 85.8 Å². The van der Waals surface area contributed by atoms with Crippen LogP contribution in [-0.4, -0.2) is 26.4 Å². The maximum atomic E-state index is 13.4. The Kier molecular flexibility index (Phi) is 4.57. The van der Waals surface area contributed by atoms with Gasteiger partial charge in [0.1, 0.15) is 12.1 Å². The molecule has 0 aliphatic rings. The molecule has 0 aliphatic heterocycles. The minimum atomic E-state index is -0.506. The molecule has 1 aromatic carbocycles. The monoisotopic (exact) mass is 295 g/mol. The first-order valence-electron chi connectivity index (χ1n) is 5.88. The van der Waals surface area contributed by atoms with E-state index in [1.165, 1.54) is 30.0 Å². The molecule has 0 aliphatic carbocycles. The molecule has 0 saturated heterocycles. The molecule has 1 heterocycles. The summed E-state index contributed by atoms with van der Waals surface area (Å²) in [7, 11) is 1.82. The molecule has 0 unspecified atom stereocenters. The summed E-state index contributed by atoms with van der Waals surface area (Å²) in [4.78, 5) is 11.7. The third-order valence-corrected chi connectivity index (χ3v) is 3.53. The van der Waals surface area contributed by atoms with Crippen LogP contribution in [0, 0.1) is 5.82 Å². The van der Waals surface area contributed by atoms with Crippen molar-refractivity contribution in [3.63, 3.8) is 0 Å².